The summed E-state index contributed by atoms with van der Waals surface area (Å²) >= 11 is 0. The molecule has 0 heterocycles. The summed E-state index contributed by atoms with van der Waals surface area (Å²) in [6.45, 7) is 0. The van der Waals surface area contributed by atoms with Crippen molar-refractivity contribution in [3.05, 3.63) is 0 Å². The Bertz CT molecular complexity index is 433. The Morgan fingerprint density at radius 2 is 1.43 bits per heavy atom. The third kappa shape index (κ3) is 2.27. The van der Waals surface area contributed by atoms with Gasteiger partial charge in [0.2, 0.25) is 5.91 Å². The van der Waals surface area contributed by atoms with E-state index < -0.39 is 11.9 Å². The summed E-state index contributed by atoms with van der Waals surface area (Å²) < 4.78 is 0. The Morgan fingerprint density at radius 3 is 2.00 bits per heavy atom. The van der Waals surface area contributed by atoms with Gasteiger partial charge in [-0.15, -0.1) is 0 Å². The molecule has 4 heteroatoms. The minimum absolute atomic E-state index is 0.0253. The van der Waals surface area contributed by atoms with Crippen molar-refractivity contribution in [1.82, 2.24) is 5.32 Å². The van der Waals surface area contributed by atoms with E-state index in [0.717, 1.165) is 24.7 Å². The maximum absolute atomic E-state index is 12.6. The van der Waals surface area contributed by atoms with E-state index in [1.54, 1.807) is 0 Å². The van der Waals surface area contributed by atoms with Crippen molar-refractivity contribution in [2.24, 2.45) is 35.5 Å². The Morgan fingerprint density at radius 1 is 0.857 bits per heavy atom. The first-order valence-corrected chi connectivity index (χ1v) is 8.65. The lowest BCUT2D eigenvalue weighted by Gasteiger charge is -2.54. The number of carboxylic acids is 1. The zero-order valence-electron chi connectivity index (χ0n) is 12.5. The molecule has 0 saturated heterocycles. The van der Waals surface area contributed by atoms with E-state index in [2.05, 4.69) is 5.32 Å². The first-order chi connectivity index (χ1) is 10.1. The fourth-order valence-electron chi connectivity index (χ4n) is 6.00. The highest BCUT2D eigenvalue weighted by Gasteiger charge is 2.49. The van der Waals surface area contributed by atoms with Crippen molar-refractivity contribution in [3.63, 3.8) is 0 Å². The van der Waals surface area contributed by atoms with Crippen LogP contribution in [0.25, 0.3) is 0 Å². The van der Waals surface area contributed by atoms with Gasteiger partial charge in [-0.2, -0.15) is 0 Å². The van der Waals surface area contributed by atoms with E-state index in [4.69, 9.17) is 0 Å². The van der Waals surface area contributed by atoms with Gasteiger partial charge in [-0.25, -0.2) is 0 Å². The molecule has 5 rings (SSSR count). The molecule has 4 bridgehead atoms. The second-order valence-corrected chi connectivity index (χ2v) is 7.95. The Hall–Kier alpha value is -1.06. The van der Waals surface area contributed by atoms with Gasteiger partial charge in [-0.3, -0.25) is 9.59 Å². The lowest BCUT2D eigenvalue weighted by atomic mass is 9.54. The average Bonchev–Trinajstić information content (AvgIpc) is 2.91. The highest BCUT2D eigenvalue weighted by Crippen LogP contribution is 2.53. The molecule has 0 unspecified atom stereocenters. The molecule has 5 fully saturated rings. The highest BCUT2D eigenvalue weighted by molar-refractivity contribution is 5.85. The number of hydrogen-bond acceptors (Lipinski definition) is 2. The van der Waals surface area contributed by atoms with Crippen molar-refractivity contribution in [1.29, 1.82) is 0 Å². The molecule has 0 aromatic heterocycles. The van der Waals surface area contributed by atoms with Crippen molar-refractivity contribution < 1.29 is 14.7 Å². The number of amides is 1. The van der Waals surface area contributed by atoms with Crippen LogP contribution in [0.3, 0.4) is 0 Å². The summed E-state index contributed by atoms with van der Waals surface area (Å²) in [5.41, 5.74) is 0. The second kappa shape index (κ2) is 4.99. The third-order valence-electron chi connectivity index (χ3n) is 6.71. The predicted molar refractivity (Wildman–Crippen MR) is 77.4 cm³/mol. The number of rotatable bonds is 3. The van der Waals surface area contributed by atoms with E-state index >= 15 is 0 Å². The van der Waals surface area contributed by atoms with Crippen LogP contribution in [0.15, 0.2) is 0 Å². The highest BCUT2D eigenvalue weighted by atomic mass is 16.4. The molecule has 5 saturated carbocycles. The number of carboxylic acid groups (broad SMARTS) is 1. The molecule has 0 spiro atoms. The van der Waals surface area contributed by atoms with E-state index in [0.29, 0.717) is 24.3 Å². The zero-order chi connectivity index (χ0) is 14.6. The number of nitrogens with one attached hydrogen (secondary N) is 1. The molecule has 21 heavy (non-hydrogen) atoms. The summed E-state index contributed by atoms with van der Waals surface area (Å²) in [5.74, 6) is 1.61. The van der Waals surface area contributed by atoms with Gasteiger partial charge in [0.15, 0.2) is 0 Å². The molecule has 1 amide bonds. The second-order valence-electron chi connectivity index (χ2n) is 7.95. The van der Waals surface area contributed by atoms with Crippen LogP contribution in [-0.4, -0.2) is 23.0 Å². The van der Waals surface area contributed by atoms with Gasteiger partial charge in [0.05, 0.1) is 11.8 Å². The Kier molecular flexibility index (Phi) is 3.23. The SMILES string of the molecule is O=C(O)[C@H]1CCC[C@H]1C(=O)NC1C2CC3CC(C2)CC1C3. The molecule has 5 aliphatic carbocycles. The number of aliphatic carboxylic acids is 1. The van der Waals surface area contributed by atoms with Gasteiger partial charge in [-0.1, -0.05) is 6.42 Å². The topological polar surface area (TPSA) is 66.4 Å². The molecule has 0 radical (unpaired) electrons. The largest absolute Gasteiger partial charge is 0.481 e. The van der Waals surface area contributed by atoms with Crippen LogP contribution in [0, 0.1) is 35.5 Å². The van der Waals surface area contributed by atoms with Crippen molar-refractivity contribution >= 4 is 11.9 Å². The number of carbonyl (C=O) groups excluding carboxylic acids is 1. The molecule has 2 atom stereocenters. The van der Waals surface area contributed by atoms with Gasteiger partial charge in [-0.05, 0) is 68.6 Å². The maximum atomic E-state index is 12.6. The fourth-order valence-corrected chi connectivity index (χ4v) is 6.00. The predicted octanol–water partition coefficient (Wildman–Crippen LogP) is 2.43. The molecule has 0 aliphatic heterocycles. The quantitative estimate of drug-likeness (QED) is 0.839. The summed E-state index contributed by atoms with van der Waals surface area (Å²) in [4.78, 5) is 23.9. The molecule has 2 N–H and O–H groups in total. The van der Waals surface area contributed by atoms with Crippen molar-refractivity contribution in [3.8, 4) is 0 Å². The van der Waals surface area contributed by atoms with Crippen molar-refractivity contribution in [2.45, 2.75) is 57.4 Å². The smallest absolute Gasteiger partial charge is 0.307 e. The first kappa shape index (κ1) is 13.6. The third-order valence-corrected chi connectivity index (χ3v) is 6.71. The monoisotopic (exact) mass is 291 g/mol. The summed E-state index contributed by atoms with van der Waals surface area (Å²) in [5, 5.41) is 12.5. The minimum atomic E-state index is -0.794. The Balaban J connectivity index is 1.44. The molecular weight excluding hydrogens is 266 g/mol. The van der Waals surface area contributed by atoms with Crippen LogP contribution in [-0.2, 0) is 9.59 Å². The molecule has 0 aromatic carbocycles. The van der Waals surface area contributed by atoms with E-state index in [1.165, 1.54) is 32.1 Å². The van der Waals surface area contributed by atoms with Gasteiger partial charge in [0.25, 0.3) is 0 Å². The summed E-state index contributed by atoms with van der Waals surface area (Å²) in [7, 11) is 0. The van der Waals surface area contributed by atoms with Gasteiger partial charge < -0.3 is 10.4 Å². The van der Waals surface area contributed by atoms with Gasteiger partial charge in [0.1, 0.15) is 0 Å². The molecule has 116 valence electrons. The molecular formula is C17H25NO3. The average molecular weight is 291 g/mol. The maximum Gasteiger partial charge on any atom is 0.307 e. The number of carbonyl (C=O) groups is 2. The number of hydrogen-bond donors (Lipinski definition) is 2. The fraction of sp³-hybridized carbons (Fsp3) is 0.882. The Labute approximate surface area is 125 Å². The molecule has 4 nitrogen and oxygen atoms in total. The van der Waals surface area contributed by atoms with Gasteiger partial charge >= 0.3 is 5.97 Å². The van der Waals surface area contributed by atoms with E-state index in [9.17, 15) is 14.7 Å². The summed E-state index contributed by atoms with van der Waals surface area (Å²) in [6.07, 6.45) is 8.82. The molecule has 5 aliphatic rings. The van der Waals surface area contributed by atoms with E-state index in [1.807, 2.05) is 0 Å². The van der Waals surface area contributed by atoms with Gasteiger partial charge in [0, 0.05) is 6.04 Å². The molecule has 0 aromatic rings. The first-order valence-electron chi connectivity index (χ1n) is 8.65. The van der Waals surface area contributed by atoms with Crippen LogP contribution in [0.2, 0.25) is 0 Å². The minimum Gasteiger partial charge on any atom is -0.481 e. The summed E-state index contributed by atoms with van der Waals surface area (Å²) in [6, 6.07) is 0.334. The van der Waals surface area contributed by atoms with Crippen LogP contribution >= 0.6 is 0 Å². The van der Waals surface area contributed by atoms with Crippen LogP contribution in [0.4, 0.5) is 0 Å². The normalized spacial score (nSPS) is 47.5. The zero-order valence-corrected chi connectivity index (χ0v) is 12.5. The van der Waals surface area contributed by atoms with Crippen LogP contribution < -0.4 is 5.32 Å². The van der Waals surface area contributed by atoms with E-state index in [-0.39, 0.29) is 11.8 Å². The van der Waals surface area contributed by atoms with Crippen molar-refractivity contribution in [2.75, 3.05) is 0 Å². The lowest BCUT2D eigenvalue weighted by molar-refractivity contribution is -0.146. The lowest BCUT2D eigenvalue weighted by Crippen LogP contribution is -2.57. The standard InChI is InChI=1S/C17H25NO3/c19-16(13-2-1-3-14(13)17(20)21)18-15-11-5-9-4-10(7-11)8-12(15)6-9/h9-15H,1-8H2,(H,18,19)(H,20,21)/t9?,10?,11?,12?,13-,14+,15?/m1/s1. The van der Waals surface area contributed by atoms with Crippen LogP contribution in [0.1, 0.15) is 51.4 Å². The van der Waals surface area contributed by atoms with Crippen LogP contribution in [0.5, 0.6) is 0 Å².